The molecule has 3 atom stereocenters. The number of phosphoric acid groups is 1. The van der Waals surface area contributed by atoms with E-state index in [1.54, 1.807) is 0 Å². The van der Waals surface area contributed by atoms with Crippen LogP contribution >= 0.6 is 7.82 Å². The van der Waals surface area contributed by atoms with Gasteiger partial charge in [-0.2, -0.15) is 0 Å². The Kier molecular flexibility index (Phi) is 50.1. The van der Waals surface area contributed by atoms with E-state index in [2.05, 4.69) is 86.8 Å². The highest BCUT2D eigenvalue weighted by Gasteiger charge is 2.27. The predicted molar refractivity (Wildman–Crippen MR) is 307 cm³/mol. The van der Waals surface area contributed by atoms with Crippen molar-refractivity contribution in [2.45, 2.75) is 270 Å². The number of esters is 1. The van der Waals surface area contributed by atoms with E-state index in [-0.39, 0.29) is 18.9 Å². The van der Waals surface area contributed by atoms with E-state index >= 15 is 0 Å². The van der Waals surface area contributed by atoms with Gasteiger partial charge in [-0.25, -0.2) is 0 Å². The Balaban J connectivity index is 5.42. The molecule has 1 N–H and O–H groups in total. The first-order valence-electron chi connectivity index (χ1n) is 29.7. The molecule has 9 nitrogen and oxygen atoms in total. The Morgan fingerprint density at radius 1 is 0.500 bits per heavy atom. The first-order chi connectivity index (χ1) is 34.9. The Labute approximate surface area is 444 Å². The van der Waals surface area contributed by atoms with Gasteiger partial charge in [0.1, 0.15) is 19.3 Å². The third-order valence-electron chi connectivity index (χ3n) is 12.9. The SMILES string of the molecule is CC/C=C\C/C=C\C/C=C\C/C=C\C/C=C\CCCC(=O)OC(/C=C/CCCCCCCCCCCCC)C(COP(=O)([O-])OCC[N+](C)(C)C)NC(=O)CCCCCCCCCCCCCCCCCC. The van der Waals surface area contributed by atoms with Gasteiger partial charge >= 0.3 is 5.97 Å². The number of likely N-dealkylation sites (N-methyl/N-ethyl adjacent to an activating group) is 1. The number of carbonyl (C=O) groups is 2. The number of phosphoric ester groups is 1. The van der Waals surface area contributed by atoms with Gasteiger partial charge in [0.05, 0.1) is 33.8 Å². The summed E-state index contributed by atoms with van der Waals surface area (Å²) in [5.74, 6) is -0.605. The maximum absolute atomic E-state index is 13.5. The number of carbonyl (C=O) groups excluding carboxylic acids is 2. The van der Waals surface area contributed by atoms with Gasteiger partial charge in [0.2, 0.25) is 5.91 Å². The summed E-state index contributed by atoms with van der Waals surface area (Å²) in [4.78, 5) is 39.9. The van der Waals surface area contributed by atoms with Crippen LogP contribution in [-0.2, 0) is 27.9 Å². The Bertz CT molecular complexity index is 1460. The van der Waals surface area contributed by atoms with Crippen LogP contribution in [0.5, 0.6) is 0 Å². The molecule has 0 fully saturated rings. The maximum atomic E-state index is 13.5. The molecule has 1 amide bonds. The molecule has 418 valence electrons. The van der Waals surface area contributed by atoms with Crippen LogP contribution in [0.3, 0.4) is 0 Å². The number of ether oxygens (including phenoxy) is 1. The van der Waals surface area contributed by atoms with Gasteiger partial charge in [-0.05, 0) is 70.3 Å². The first kappa shape index (κ1) is 69.5. The monoisotopic (exact) mass is 1030 g/mol. The molecule has 0 aliphatic rings. The molecule has 0 aromatic heterocycles. The minimum atomic E-state index is -4.71. The largest absolute Gasteiger partial charge is 0.756 e. The molecule has 0 heterocycles. The molecule has 0 rings (SSSR count). The van der Waals surface area contributed by atoms with Gasteiger partial charge in [-0.1, -0.05) is 248 Å². The number of allylic oxidation sites excluding steroid dienone is 11. The zero-order chi connectivity index (χ0) is 52.9. The molecule has 10 heteroatoms. The molecule has 3 unspecified atom stereocenters. The minimum Gasteiger partial charge on any atom is -0.756 e. The number of unbranched alkanes of at least 4 members (excludes halogenated alkanes) is 27. The van der Waals surface area contributed by atoms with Crippen molar-refractivity contribution in [3.63, 3.8) is 0 Å². The lowest BCUT2D eigenvalue weighted by atomic mass is 10.0. The van der Waals surface area contributed by atoms with Crippen molar-refractivity contribution in [2.24, 2.45) is 0 Å². The van der Waals surface area contributed by atoms with Gasteiger partial charge < -0.3 is 28.5 Å². The lowest BCUT2D eigenvalue weighted by Gasteiger charge is -2.30. The van der Waals surface area contributed by atoms with Crippen LogP contribution in [-0.4, -0.2) is 69.4 Å². The van der Waals surface area contributed by atoms with Gasteiger partial charge in [0.15, 0.2) is 0 Å². The topological polar surface area (TPSA) is 114 Å². The average molecular weight is 1030 g/mol. The zero-order valence-electron chi connectivity index (χ0n) is 47.6. The summed E-state index contributed by atoms with van der Waals surface area (Å²) < 4.78 is 30.2. The molecule has 72 heavy (non-hydrogen) atoms. The molecule has 0 aromatic carbocycles. The molecule has 0 radical (unpaired) electrons. The zero-order valence-corrected chi connectivity index (χ0v) is 48.5. The van der Waals surface area contributed by atoms with Crippen molar-refractivity contribution in [1.29, 1.82) is 0 Å². The number of amides is 1. The Morgan fingerprint density at radius 3 is 1.35 bits per heavy atom. The lowest BCUT2D eigenvalue weighted by molar-refractivity contribution is -0.870. The average Bonchev–Trinajstić information content (AvgIpc) is 3.34. The van der Waals surface area contributed by atoms with E-state index in [9.17, 15) is 19.0 Å². The van der Waals surface area contributed by atoms with E-state index in [0.29, 0.717) is 23.9 Å². The second-order valence-electron chi connectivity index (χ2n) is 21.1. The van der Waals surface area contributed by atoms with E-state index in [0.717, 1.165) is 77.0 Å². The van der Waals surface area contributed by atoms with Crippen molar-refractivity contribution in [3.8, 4) is 0 Å². The molecule has 0 saturated carbocycles. The van der Waals surface area contributed by atoms with Crippen LogP contribution in [0.1, 0.15) is 258 Å². The number of nitrogens with one attached hydrogen (secondary N) is 1. The quantitative estimate of drug-likeness (QED) is 0.0212. The van der Waals surface area contributed by atoms with E-state index in [4.69, 9.17) is 13.8 Å². The van der Waals surface area contributed by atoms with Crippen molar-refractivity contribution < 1.29 is 37.3 Å². The highest BCUT2D eigenvalue weighted by Crippen LogP contribution is 2.38. The molecule has 0 aliphatic carbocycles. The molecule has 0 aromatic rings. The number of rotatable bonds is 53. The Hall–Kier alpha value is -2.55. The first-order valence-corrected chi connectivity index (χ1v) is 31.2. The standard InChI is InChI=1S/C62H113N2O7P/c1-7-10-13-16-19-22-25-28-30-32-34-37-40-43-46-49-52-55-62(66)71-60(53-50-47-44-41-38-35-27-24-21-18-15-12-9-3)59(58-70-72(67,68)69-57-56-64(4,5)6)63-61(65)54-51-48-45-42-39-36-33-31-29-26-23-20-17-14-11-8-2/h10,13,19,22,28,30,34,37,43,46,50,53,59-60H,7-9,11-12,14-18,20-21,23-27,29,31-33,35-36,38-42,44-45,47-49,51-52,54-58H2,1-6H3,(H-,63,65,67,68)/b13-10-,22-19-,30-28-,37-34-,46-43-,53-50+. The fraction of sp³-hybridized carbons (Fsp3) is 0.774. The predicted octanol–water partition coefficient (Wildman–Crippen LogP) is 17.4. The van der Waals surface area contributed by atoms with Crippen LogP contribution in [0.15, 0.2) is 72.9 Å². The molecule has 0 bridgehead atoms. The summed E-state index contributed by atoms with van der Waals surface area (Å²) in [6.07, 6.45) is 65.8. The molecular weight excluding hydrogens is 916 g/mol. The molecule has 0 spiro atoms. The van der Waals surface area contributed by atoms with Crippen molar-refractivity contribution in [3.05, 3.63) is 72.9 Å². The van der Waals surface area contributed by atoms with Crippen LogP contribution < -0.4 is 10.2 Å². The van der Waals surface area contributed by atoms with Crippen LogP contribution in [0.4, 0.5) is 0 Å². The van der Waals surface area contributed by atoms with Gasteiger partial charge in [0.25, 0.3) is 7.82 Å². The van der Waals surface area contributed by atoms with Crippen molar-refractivity contribution in [1.82, 2.24) is 5.32 Å². The second-order valence-corrected chi connectivity index (χ2v) is 22.5. The number of quaternary nitrogens is 1. The highest BCUT2D eigenvalue weighted by atomic mass is 31.2. The van der Waals surface area contributed by atoms with Gasteiger partial charge in [-0.3, -0.25) is 14.2 Å². The Morgan fingerprint density at radius 2 is 0.903 bits per heavy atom. The molecule has 0 saturated heterocycles. The number of hydrogen-bond acceptors (Lipinski definition) is 7. The summed E-state index contributed by atoms with van der Waals surface area (Å²) in [6, 6.07) is -0.911. The van der Waals surface area contributed by atoms with Gasteiger partial charge in [-0.15, -0.1) is 0 Å². The van der Waals surface area contributed by atoms with Gasteiger partial charge in [0, 0.05) is 12.8 Å². The number of nitrogens with zero attached hydrogens (tertiary/aromatic N) is 1. The lowest BCUT2D eigenvalue weighted by Crippen LogP contribution is -2.47. The van der Waals surface area contributed by atoms with Crippen molar-refractivity contribution in [2.75, 3.05) is 40.9 Å². The second kappa shape index (κ2) is 51.9. The van der Waals surface area contributed by atoms with Crippen LogP contribution in [0.2, 0.25) is 0 Å². The molecule has 0 aliphatic heterocycles. The maximum Gasteiger partial charge on any atom is 0.306 e. The smallest absolute Gasteiger partial charge is 0.306 e. The van der Waals surface area contributed by atoms with Crippen LogP contribution in [0.25, 0.3) is 0 Å². The summed E-state index contributed by atoms with van der Waals surface area (Å²) in [5, 5.41) is 3.01. The third-order valence-corrected chi connectivity index (χ3v) is 13.9. The summed E-state index contributed by atoms with van der Waals surface area (Å²) in [7, 11) is 1.15. The third kappa shape index (κ3) is 52.3. The highest BCUT2D eigenvalue weighted by molar-refractivity contribution is 7.45. The van der Waals surface area contributed by atoms with Crippen molar-refractivity contribution >= 4 is 19.7 Å². The van der Waals surface area contributed by atoms with E-state index < -0.39 is 32.5 Å². The molecular formula is C62H113N2O7P. The fourth-order valence-corrected chi connectivity index (χ4v) is 9.05. The number of hydrogen-bond donors (Lipinski definition) is 1. The summed E-state index contributed by atoms with van der Waals surface area (Å²) in [5.41, 5.74) is 0. The fourth-order valence-electron chi connectivity index (χ4n) is 8.32. The normalized spacial score (nSPS) is 14.3. The van der Waals surface area contributed by atoms with E-state index in [1.165, 1.54) is 141 Å². The minimum absolute atomic E-state index is 0.0320. The summed E-state index contributed by atoms with van der Waals surface area (Å²) >= 11 is 0. The summed E-state index contributed by atoms with van der Waals surface area (Å²) in [6.45, 7) is 6.70. The van der Waals surface area contributed by atoms with E-state index in [1.807, 2.05) is 33.3 Å². The van der Waals surface area contributed by atoms with Crippen LogP contribution in [0, 0.1) is 0 Å².